The topological polar surface area (TPSA) is 42.2 Å². The molecular weight excluding hydrogens is 416 g/mol. The largest absolute Gasteiger partial charge is 0.505 e. The van der Waals surface area contributed by atoms with Gasteiger partial charge in [0.05, 0.1) is 15.3 Å². The van der Waals surface area contributed by atoms with E-state index < -0.39 is 44.9 Å². The van der Waals surface area contributed by atoms with Gasteiger partial charge in [-0.15, -0.1) is 11.3 Å². The molecular formula is C16H9F6NO2S2. The highest BCUT2D eigenvalue weighted by atomic mass is 32.2. The van der Waals surface area contributed by atoms with E-state index in [0.717, 1.165) is 22.1 Å². The van der Waals surface area contributed by atoms with Crippen LogP contribution in [0.3, 0.4) is 0 Å². The SMILES string of the molecule is Cc1cc2c(F)c(O)ccc2n1C(=O)c1csc(SC(F)(F)C(F)(F)F)c1. The first-order valence-corrected chi connectivity index (χ1v) is 8.88. The number of phenols is 1. The van der Waals surface area contributed by atoms with Crippen LogP contribution in [0.5, 0.6) is 5.75 Å². The van der Waals surface area contributed by atoms with Crippen LogP contribution >= 0.6 is 23.1 Å². The van der Waals surface area contributed by atoms with E-state index in [9.17, 15) is 36.2 Å². The van der Waals surface area contributed by atoms with Gasteiger partial charge in [0, 0.05) is 16.5 Å². The van der Waals surface area contributed by atoms with E-state index in [1.54, 1.807) is 0 Å². The maximum absolute atomic E-state index is 14.0. The third-order valence-electron chi connectivity index (χ3n) is 3.67. The van der Waals surface area contributed by atoms with Crippen molar-refractivity contribution in [2.75, 3.05) is 0 Å². The lowest BCUT2D eigenvalue weighted by Gasteiger charge is -2.17. The van der Waals surface area contributed by atoms with Crippen molar-refractivity contribution in [3.05, 3.63) is 46.7 Å². The molecule has 0 atom stereocenters. The average Bonchev–Trinajstić information content (AvgIpc) is 3.13. The summed E-state index contributed by atoms with van der Waals surface area (Å²) in [5.74, 6) is -2.24. The van der Waals surface area contributed by atoms with Gasteiger partial charge in [-0.3, -0.25) is 9.36 Å². The highest BCUT2D eigenvalue weighted by Gasteiger charge is 2.58. The first-order chi connectivity index (χ1) is 12.4. The van der Waals surface area contributed by atoms with Crippen molar-refractivity contribution in [2.24, 2.45) is 0 Å². The highest BCUT2D eigenvalue weighted by molar-refractivity contribution is 8.02. The first-order valence-electron chi connectivity index (χ1n) is 7.18. The molecule has 11 heteroatoms. The van der Waals surface area contributed by atoms with E-state index in [4.69, 9.17) is 0 Å². The number of carbonyl (C=O) groups excluding carboxylic acids is 1. The minimum atomic E-state index is -5.72. The van der Waals surface area contributed by atoms with Crippen LogP contribution in [0.2, 0.25) is 0 Å². The fraction of sp³-hybridized carbons (Fsp3) is 0.188. The molecule has 3 nitrogen and oxygen atoms in total. The molecule has 0 saturated heterocycles. The lowest BCUT2D eigenvalue weighted by molar-refractivity contribution is -0.237. The standard InChI is InChI=1S/C16H9F6NO2S2/c1-7-4-9-10(2-3-11(24)13(9)17)23(7)14(25)8-5-12(26-6-8)27-16(21,22)15(18,19)20/h2-6,24H,1H3. The summed E-state index contributed by atoms with van der Waals surface area (Å²) in [6.45, 7) is 1.49. The summed E-state index contributed by atoms with van der Waals surface area (Å²) in [6, 6.07) is 4.61. The second-order valence-corrected chi connectivity index (χ2v) is 7.86. The summed E-state index contributed by atoms with van der Waals surface area (Å²) >= 11 is -0.124. The number of hydrogen-bond donors (Lipinski definition) is 1. The number of phenolic OH excluding ortho intramolecular Hbond substituents is 1. The second kappa shape index (κ2) is 6.48. The van der Waals surface area contributed by atoms with E-state index in [2.05, 4.69) is 0 Å². The molecule has 2 aromatic heterocycles. The Kier molecular flexibility index (Phi) is 4.71. The van der Waals surface area contributed by atoms with Gasteiger partial charge in [0.2, 0.25) is 0 Å². The number of carbonyl (C=O) groups is 1. The van der Waals surface area contributed by atoms with E-state index in [-0.39, 0.29) is 16.5 Å². The third-order valence-corrected chi connectivity index (χ3v) is 5.73. The lowest BCUT2D eigenvalue weighted by Crippen LogP contribution is -2.32. The van der Waals surface area contributed by atoms with Crippen molar-refractivity contribution in [1.29, 1.82) is 0 Å². The summed E-state index contributed by atoms with van der Waals surface area (Å²) in [7, 11) is 0. The molecule has 0 unspecified atom stereocenters. The lowest BCUT2D eigenvalue weighted by atomic mass is 10.2. The molecule has 0 aliphatic heterocycles. The van der Waals surface area contributed by atoms with Crippen LogP contribution in [0.1, 0.15) is 16.1 Å². The van der Waals surface area contributed by atoms with Gasteiger partial charge in [-0.05, 0) is 43.0 Å². The number of aromatic hydroxyl groups is 1. The quantitative estimate of drug-likeness (QED) is 0.427. The minimum Gasteiger partial charge on any atom is -0.505 e. The molecule has 0 spiro atoms. The number of halogens is 6. The molecule has 27 heavy (non-hydrogen) atoms. The average molecular weight is 425 g/mol. The van der Waals surface area contributed by atoms with Crippen LogP contribution in [0.25, 0.3) is 10.9 Å². The van der Waals surface area contributed by atoms with E-state index in [1.165, 1.54) is 19.1 Å². The predicted molar refractivity (Wildman–Crippen MR) is 89.2 cm³/mol. The molecule has 3 aromatic rings. The van der Waals surface area contributed by atoms with Crippen molar-refractivity contribution in [2.45, 2.75) is 22.6 Å². The summed E-state index contributed by atoms with van der Waals surface area (Å²) in [6.07, 6.45) is -5.72. The predicted octanol–water partition coefficient (Wildman–Crippen LogP) is 5.79. The summed E-state index contributed by atoms with van der Waals surface area (Å²) < 4.78 is 77.9. The number of rotatable bonds is 3. The molecule has 0 amide bonds. The van der Waals surface area contributed by atoms with Crippen molar-refractivity contribution in [3.8, 4) is 5.75 Å². The van der Waals surface area contributed by atoms with E-state index in [1.807, 2.05) is 0 Å². The molecule has 3 rings (SSSR count). The van der Waals surface area contributed by atoms with Crippen molar-refractivity contribution in [1.82, 2.24) is 4.57 Å². The van der Waals surface area contributed by atoms with Crippen LogP contribution in [-0.4, -0.2) is 27.0 Å². The fourth-order valence-electron chi connectivity index (χ4n) is 2.43. The van der Waals surface area contributed by atoms with Crippen molar-refractivity contribution in [3.63, 3.8) is 0 Å². The van der Waals surface area contributed by atoms with Gasteiger partial charge < -0.3 is 5.11 Å². The normalized spacial score (nSPS) is 12.7. The van der Waals surface area contributed by atoms with Crippen LogP contribution in [-0.2, 0) is 0 Å². The van der Waals surface area contributed by atoms with Gasteiger partial charge in [0.25, 0.3) is 5.91 Å². The maximum atomic E-state index is 14.0. The van der Waals surface area contributed by atoms with Crippen LogP contribution < -0.4 is 0 Å². The number of thioether (sulfide) groups is 1. The number of nitrogens with zero attached hydrogens (tertiary/aromatic N) is 1. The van der Waals surface area contributed by atoms with Gasteiger partial charge in [-0.2, -0.15) is 22.0 Å². The van der Waals surface area contributed by atoms with Crippen LogP contribution in [0.4, 0.5) is 26.3 Å². The number of alkyl halides is 5. The second-order valence-electron chi connectivity index (χ2n) is 5.53. The molecule has 0 bridgehead atoms. The van der Waals surface area contributed by atoms with Gasteiger partial charge in [0.15, 0.2) is 11.6 Å². The Morgan fingerprint density at radius 1 is 1.19 bits per heavy atom. The molecule has 1 aromatic carbocycles. The summed E-state index contributed by atoms with van der Waals surface area (Å²) in [5.41, 5.74) is 0.323. The van der Waals surface area contributed by atoms with Crippen LogP contribution in [0.15, 0.2) is 33.9 Å². The number of benzene rings is 1. The van der Waals surface area contributed by atoms with Crippen molar-refractivity contribution < 1.29 is 36.2 Å². The minimum absolute atomic E-state index is 0.0192. The van der Waals surface area contributed by atoms with Gasteiger partial charge >= 0.3 is 11.4 Å². The van der Waals surface area contributed by atoms with Gasteiger partial charge in [0.1, 0.15) is 0 Å². The Morgan fingerprint density at radius 2 is 1.85 bits per heavy atom. The number of aryl methyl sites for hydroxylation is 1. The zero-order chi connectivity index (χ0) is 20.1. The van der Waals surface area contributed by atoms with Gasteiger partial charge in [-0.25, -0.2) is 4.39 Å². The Bertz CT molecular complexity index is 1040. The number of thiophene rings is 1. The van der Waals surface area contributed by atoms with E-state index in [0.29, 0.717) is 17.0 Å². The van der Waals surface area contributed by atoms with Crippen molar-refractivity contribution >= 4 is 39.9 Å². The highest BCUT2D eigenvalue weighted by Crippen LogP contribution is 2.49. The Balaban J connectivity index is 1.97. The third kappa shape index (κ3) is 3.41. The summed E-state index contributed by atoms with van der Waals surface area (Å²) in [4.78, 5) is 12.7. The smallest absolute Gasteiger partial charge is 0.464 e. The molecule has 0 radical (unpaired) electrons. The zero-order valence-corrected chi connectivity index (χ0v) is 14.9. The fourth-order valence-corrected chi connectivity index (χ4v) is 4.24. The molecule has 2 heterocycles. The molecule has 144 valence electrons. The molecule has 0 aliphatic rings. The molecule has 1 N–H and O–H groups in total. The Labute approximate surface area is 156 Å². The molecule has 0 fully saturated rings. The number of aromatic nitrogens is 1. The zero-order valence-electron chi connectivity index (χ0n) is 13.3. The van der Waals surface area contributed by atoms with Gasteiger partial charge in [-0.1, -0.05) is 0 Å². The number of hydrogen-bond acceptors (Lipinski definition) is 4. The summed E-state index contributed by atoms with van der Waals surface area (Å²) in [5, 5.41) is 5.56. The molecule has 0 aliphatic carbocycles. The molecule has 0 saturated carbocycles. The van der Waals surface area contributed by atoms with E-state index >= 15 is 0 Å². The number of fused-ring (bicyclic) bond motifs is 1. The monoisotopic (exact) mass is 425 g/mol. The first kappa shape index (κ1) is 19.6. The van der Waals surface area contributed by atoms with Crippen LogP contribution in [0, 0.1) is 12.7 Å². The Hall–Kier alpha value is -2.14. The Morgan fingerprint density at radius 3 is 2.48 bits per heavy atom. The maximum Gasteiger partial charge on any atom is 0.464 e.